The number of carbonyl (C=O) groups is 2. The average molecular weight is 509 g/mol. The van der Waals surface area contributed by atoms with Crippen LogP contribution in [-0.4, -0.2) is 39.6 Å². The van der Waals surface area contributed by atoms with Crippen molar-refractivity contribution in [1.82, 2.24) is 5.43 Å². The normalized spacial score (nSPS) is 11.5. The number of sulfonamides is 1. The fourth-order valence-electron chi connectivity index (χ4n) is 3.29. The standard InChI is InChI=1S/C26H28N4O5S/c1-18-8-14-25(15-9-18)36(33,34)30(23-6-5-7-24(16-23)35-4)17-26(32)29-28-19(2)21-10-12-22(13-11-21)27-20(3)31/h5-16H,17H2,1-4H3,(H,27,31)(H,29,32)/b28-19-. The molecule has 10 heteroatoms. The van der Waals surface area contributed by atoms with E-state index in [1.807, 2.05) is 6.92 Å². The second kappa shape index (κ2) is 11.5. The first kappa shape index (κ1) is 26.4. The maximum absolute atomic E-state index is 13.5. The molecule has 188 valence electrons. The van der Waals surface area contributed by atoms with Gasteiger partial charge < -0.3 is 10.1 Å². The first-order valence-electron chi connectivity index (χ1n) is 11.0. The largest absolute Gasteiger partial charge is 0.497 e. The maximum Gasteiger partial charge on any atom is 0.264 e. The number of nitrogens with zero attached hydrogens (tertiary/aromatic N) is 2. The molecular formula is C26H28N4O5S. The summed E-state index contributed by atoms with van der Waals surface area (Å²) in [5.74, 6) is -0.349. The molecule has 0 aliphatic heterocycles. The molecule has 2 N–H and O–H groups in total. The molecule has 0 fully saturated rings. The van der Waals surface area contributed by atoms with Gasteiger partial charge in [0.15, 0.2) is 0 Å². The smallest absolute Gasteiger partial charge is 0.264 e. The van der Waals surface area contributed by atoms with Crippen molar-refractivity contribution in [2.24, 2.45) is 5.10 Å². The molecule has 3 aromatic carbocycles. The number of ether oxygens (including phenoxy) is 1. The lowest BCUT2D eigenvalue weighted by molar-refractivity contribution is -0.119. The Hall–Kier alpha value is -4.18. The van der Waals surface area contributed by atoms with Gasteiger partial charge in [0.25, 0.3) is 15.9 Å². The summed E-state index contributed by atoms with van der Waals surface area (Å²) in [6.07, 6.45) is 0. The number of carbonyl (C=O) groups excluding carboxylic acids is 2. The van der Waals surface area contributed by atoms with Gasteiger partial charge in [0.05, 0.1) is 23.4 Å². The number of methoxy groups -OCH3 is 1. The zero-order chi connectivity index (χ0) is 26.3. The molecule has 0 saturated carbocycles. The van der Waals surface area contributed by atoms with Crippen LogP contribution in [0.15, 0.2) is 82.8 Å². The van der Waals surface area contributed by atoms with Crippen molar-refractivity contribution < 1.29 is 22.7 Å². The van der Waals surface area contributed by atoms with Gasteiger partial charge >= 0.3 is 0 Å². The van der Waals surface area contributed by atoms with Crippen LogP contribution in [0.5, 0.6) is 5.75 Å². The van der Waals surface area contributed by atoms with Crippen LogP contribution in [0.25, 0.3) is 0 Å². The second-order valence-electron chi connectivity index (χ2n) is 8.02. The summed E-state index contributed by atoms with van der Waals surface area (Å²) in [5, 5.41) is 6.79. The third kappa shape index (κ3) is 6.70. The van der Waals surface area contributed by atoms with E-state index in [0.717, 1.165) is 15.4 Å². The van der Waals surface area contributed by atoms with Crippen LogP contribution in [0, 0.1) is 6.92 Å². The number of hydrogen-bond acceptors (Lipinski definition) is 6. The van der Waals surface area contributed by atoms with Crippen molar-refractivity contribution in [3.8, 4) is 5.75 Å². The molecule has 0 aliphatic carbocycles. The van der Waals surface area contributed by atoms with Crippen LogP contribution in [0.3, 0.4) is 0 Å². The summed E-state index contributed by atoms with van der Waals surface area (Å²) in [4.78, 5) is 24.1. The van der Waals surface area contributed by atoms with Crippen LogP contribution >= 0.6 is 0 Å². The number of hydrazone groups is 1. The summed E-state index contributed by atoms with van der Waals surface area (Å²) in [6.45, 7) is 4.49. The summed E-state index contributed by atoms with van der Waals surface area (Å²) in [6, 6.07) is 19.8. The van der Waals surface area contributed by atoms with Crippen LogP contribution in [0.1, 0.15) is 25.0 Å². The van der Waals surface area contributed by atoms with E-state index < -0.39 is 22.5 Å². The molecular weight excluding hydrogens is 480 g/mol. The minimum Gasteiger partial charge on any atom is -0.497 e. The molecule has 3 aromatic rings. The second-order valence-corrected chi connectivity index (χ2v) is 9.88. The Morgan fingerprint density at radius 2 is 1.64 bits per heavy atom. The third-order valence-corrected chi connectivity index (χ3v) is 7.00. The summed E-state index contributed by atoms with van der Waals surface area (Å²) in [7, 11) is -2.59. The molecule has 0 heterocycles. The Kier molecular flexibility index (Phi) is 8.44. The van der Waals surface area contributed by atoms with Crippen molar-refractivity contribution in [2.45, 2.75) is 25.7 Å². The molecule has 0 aliphatic rings. The molecule has 0 atom stereocenters. The molecule has 36 heavy (non-hydrogen) atoms. The zero-order valence-electron chi connectivity index (χ0n) is 20.5. The molecule has 0 unspecified atom stereocenters. The van der Waals surface area contributed by atoms with Gasteiger partial charge in [-0.05, 0) is 55.8 Å². The van der Waals surface area contributed by atoms with E-state index in [9.17, 15) is 18.0 Å². The third-order valence-electron chi connectivity index (χ3n) is 5.21. The first-order valence-corrected chi connectivity index (χ1v) is 12.5. The molecule has 0 radical (unpaired) electrons. The fourth-order valence-corrected chi connectivity index (χ4v) is 4.71. The number of anilines is 2. The van der Waals surface area contributed by atoms with Gasteiger partial charge in [0.2, 0.25) is 5.91 Å². The van der Waals surface area contributed by atoms with Gasteiger partial charge in [-0.2, -0.15) is 5.10 Å². The molecule has 2 amide bonds. The van der Waals surface area contributed by atoms with Gasteiger partial charge in [0, 0.05) is 18.7 Å². The van der Waals surface area contributed by atoms with Crippen LogP contribution in [0.4, 0.5) is 11.4 Å². The number of nitrogens with one attached hydrogen (secondary N) is 2. The lowest BCUT2D eigenvalue weighted by atomic mass is 10.1. The number of hydrogen-bond donors (Lipinski definition) is 2. The molecule has 3 rings (SSSR count). The Morgan fingerprint density at radius 3 is 2.25 bits per heavy atom. The number of amides is 2. The van der Waals surface area contributed by atoms with E-state index in [-0.39, 0.29) is 16.5 Å². The quantitative estimate of drug-likeness (QED) is 0.338. The van der Waals surface area contributed by atoms with Crippen LogP contribution < -0.4 is 19.8 Å². The monoisotopic (exact) mass is 508 g/mol. The van der Waals surface area contributed by atoms with Gasteiger partial charge in [0.1, 0.15) is 12.3 Å². The Bertz CT molecular complexity index is 1370. The van der Waals surface area contributed by atoms with E-state index >= 15 is 0 Å². The minimum absolute atomic E-state index is 0.0580. The van der Waals surface area contributed by atoms with Crippen molar-refractivity contribution >= 4 is 38.9 Å². The molecule has 0 saturated heterocycles. The van der Waals surface area contributed by atoms with Crippen molar-refractivity contribution in [3.05, 3.63) is 83.9 Å². The molecule has 0 bridgehead atoms. The molecule has 9 nitrogen and oxygen atoms in total. The SMILES string of the molecule is COc1cccc(N(CC(=O)N/N=C(/C)c2ccc(NC(C)=O)cc2)S(=O)(=O)c2ccc(C)cc2)c1. The Labute approximate surface area is 210 Å². The number of rotatable bonds is 9. The van der Waals surface area contributed by atoms with Gasteiger partial charge in [-0.25, -0.2) is 13.8 Å². The van der Waals surface area contributed by atoms with Crippen LogP contribution in [0.2, 0.25) is 0 Å². The summed E-state index contributed by atoms with van der Waals surface area (Å²) in [5.41, 5.74) is 5.49. The highest BCUT2D eigenvalue weighted by Gasteiger charge is 2.27. The Morgan fingerprint density at radius 1 is 0.972 bits per heavy atom. The summed E-state index contributed by atoms with van der Waals surface area (Å²) >= 11 is 0. The number of benzene rings is 3. The fraction of sp³-hybridized carbons (Fsp3) is 0.192. The van der Waals surface area contributed by atoms with Crippen molar-refractivity contribution in [3.63, 3.8) is 0 Å². The van der Waals surface area contributed by atoms with Gasteiger partial charge in [-0.15, -0.1) is 0 Å². The first-order chi connectivity index (χ1) is 17.1. The van der Waals surface area contributed by atoms with Crippen LogP contribution in [-0.2, 0) is 19.6 Å². The highest BCUT2D eigenvalue weighted by Crippen LogP contribution is 2.27. The van der Waals surface area contributed by atoms with E-state index in [2.05, 4.69) is 15.8 Å². The van der Waals surface area contributed by atoms with E-state index in [4.69, 9.17) is 4.74 Å². The Balaban J connectivity index is 1.83. The van der Waals surface area contributed by atoms with E-state index in [1.54, 1.807) is 67.6 Å². The lowest BCUT2D eigenvalue weighted by Crippen LogP contribution is -2.39. The molecule has 0 spiro atoms. The molecule has 0 aromatic heterocycles. The van der Waals surface area contributed by atoms with Crippen molar-refractivity contribution in [1.29, 1.82) is 0 Å². The highest BCUT2D eigenvalue weighted by atomic mass is 32.2. The van der Waals surface area contributed by atoms with Crippen molar-refractivity contribution in [2.75, 3.05) is 23.3 Å². The van der Waals surface area contributed by atoms with Gasteiger partial charge in [-0.1, -0.05) is 35.9 Å². The summed E-state index contributed by atoms with van der Waals surface area (Å²) < 4.78 is 33.2. The predicted octanol–water partition coefficient (Wildman–Crippen LogP) is 3.70. The minimum atomic E-state index is -4.06. The predicted molar refractivity (Wildman–Crippen MR) is 140 cm³/mol. The average Bonchev–Trinajstić information content (AvgIpc) is 2.86. The topological polar surface area (TPSA) is 117 Å². The highest BCUT2D eigenvalue weighted by molar-refractivity contribution is 7.92. The zero-order valence-corrected chi connectivity index (χ0v) is 21.3. The van der Waals surface area contributed by atoms with Gasteiger partial charge in [-0.3, -0.25) is 13.9 Å². The maximum atomic E-state index is 13.5. The van der Waals surface area contributed by atoms with E-state index in [0.29, 0.717) is 17.1 Å². The number of aryl methyl sites for hydroxylation is 1. The van der Waals surface area contributed by atoms with E-state index in [1.165, 1.54) is 26.2 Å². The lowest BCUT2D eigenvalue weighted by Gasteiger charge is -2.24.